The number of hydrogen-bond acceptors (Lipinski definition) is 1. The molecule has 0 heterocycles. The van der Waals surface area contributed by atoms with E-state index in [1.54, 1.807) is 0 Å². The summed E-state index contributed by atoms with van der Waals surface area (Å²) in [7, 11) is 0.817. The van der Waals surface area contributed by atoms with E-state index in [9.17, 15) is 0 Å². The normalized spacial score (nSPS) is 12.4. The van der Waals surface area contributed by atoms with E-state index in [1.165, 1.54) is 56.9 Å². The van der Waals surface area contributed by atoms with Crippen LogP contribution in [-0.4, -0.2) is 10.5 Å². The molecule has 1 nitrogen and oxygen atoms in total. The van der Waals surface area contributed by atoms with Gasteiger partial charge in [0, 0.05) is 0 Å². The number of allylic oxidation sites excluding steroid dienone is 1. The van der Waals surface area contributed by atoms with Gasteiger partial charge in [-0.1, -0.05) is 59.3 Å². The minimum Gasteiger partial charge on any atom is -0.558 e. The van der Waals surface area contributed by atoms with E-state index in [-0.39, 0.29) is 0 Å². The molecule has 0 atom stereocenters. The highest BCUT2D eigenvalue weighted by molar-refractivity contribution is 5.98. The zero-order chi connectivity index (χ0) is 12.2. The predicted octanol–water partition coefficient (Wildman–Crippen LogP) is 3.96. The van der Waals surface area contributed by atoms with Crippen molar-refractivity contribution in [2.45, 2.75) is 72.1 Å². The summed E-state index contributed by atoms with van der Waals surface area (Å²) in [5.41, 5.74) is 1.49. The Kier molecular flexibility index (Phi) is 11.1. The molecule has 0 N–H and O–H groups in total. The standard InChI is InChI=1S/C14H30OSi/c1-4-5-6-7-8-9-10-11-14(12-15-16)13(2)3/h12-13H,4-11H2,1-3,16H3. The van der Waals surface area contributed by atoms with Crippen molar-refractivity contribution in [1.29, 1.82) is 0 Å². The summed E-state index contributed by atoms with van der Waals surface area (Å²) in [4.78, 5) is 0. The molecule has 0 aromatic rings. The molecule has 0 aliphatic heterocycles. The molecule has 0 spiro atoms. The van der Waals surface area contributed by atoms with Crippen LogP contribution in [0.15, 0.2) is 11.8 Å². The van der Waals surface area contributed by atoms with Crippen molar-refractivity contribution in [3.63, 3.8) is 0 Å². The molecule has 0 unspecified atom stereocenters. The average molecular weight is 242 g/mol. The van der Waals surface area contributed by atoms with Gasteiger partial charge in [0.1, 0.15) is 0 Å². The molecule has 0 saturated heterocycles. The van der Waals surface area contributed by atoms with Gasteiger partial charge in [-0.2, -0.15) is 0 Å². The Labute approximate surface area is 105 Å². The molecule has 0 aliphatic carbocycles. The number of rotatable bonds is 10. The van der Waals surface area contributed by atoms with Gasteiger partial charge in [-0.3, -0.25) is 0 Å². The van der Waals surface area contributed by atoms with Crippen LogP contribution < -0.4 is 0 Å². The quantitative estimate of drug-likeness (QED) is 0.320. The van der Waals surface area contributed by atoms with Gasteiger partial charge in [0.2, 0.25) is 10.5 Å². The van der Waals surface area contributed by atoms with Crippen LogP contribution in [0.5, 0.6) is 0 Å². The minimum absolute atomic E-state index is 0.647. The predicted molar refractivity (Wildman–Crippen MR) is 76.6 cm³/mol. The van der Waals surface area contributed by atoms with E-state index in [0.717, 1.165) is 10.5 Å². The number of unbranched alkanes of at least 4 members (excludes halogenated alkanes) is 6. The van der Waals surface area contributed by atoms with Crippen molar-refractivity contribution in [2.75, 3.05) is 0 Å². The van der Waals surface area contributed by atoms with Crippen molar-refractivity contribution in [3.8, 4) is 0 Å². The molecule has 0 bridgehead atoms. The van der Waals surface area contributed by atoms with Gasteiger partial charge in [-0.15, -0.1) is 0 Å². The van der Waals surface area contributed by atoms with Gasteiger partial charge >= 0.3 is 0 Å². The second kappa shape index (κ2) is 11.2. The molecule has 0 amide bonds. The van der Waals surface area contributed by atoms with Gasteiger partial charge < -0.3 is 4.43 Å². The lowest BCUT2D eigenvalue weighted by molar-refractivity contribution is 0.501. The lowest BCUT2D eigenvalue weighted by Crippen LogP contribution is -1.95. The topological polar surface area (TPSA) is 9.23 Å². The molecular formula is C14H30OSi. The average Bonchev–Trinajstić information content (AvgIpc) is 2.26. The maximum atomic E-state index is 5.25. The summed E-state index contributed by atoms with van der Waals surface area (Å²) in [6, 6.07) is 0. The van der Waals surface area contributed by atoms with Crippen LogP contribution in [-0.2, 0) is 4.43 Å². The Morgan fingerprint density at radius 2 is 1.62 bits per heavy atom. The lowest BCUT2D eigenvalue weighted by Gasteiger charge is -2.10. The van der Waals surface area contributed by atoms with Crippen LogP contribution in [0, 0.1) is 5.92 Å². The van der Waals surface area contributed by atoms with Gasteiger partial charge in [0.25, 0.3) is 0 Å². The first kappa shape index (κ1) is 15.8. The second-order valence-corrected chi connectivity index (χ2v) is 5.43. The first-order valence-electron chi connectivity index (χ1n) is 6.94. The largest absolute Gasteiger partial charge is 0.558 e. The van der Waals surface area contributed by atoms with Crippen LogP contribution in [0.25, 0.3) is 0 Å². The zero-order valence-electron chi connectivity index (χ0n) is 11.7. The summed E-state index contributed by atoms with van der Waals surface area (Å²) in [5, 5.41) is 0. The van der Waals surface area contributed by atoms with Crippen LogP contribution >= 0.6 is 0 Å². The van der Waals surface area contributed by atoms with Crippen LogP contribution in [0.1, 0.15) is 72.1 Å². The summed E-state index contributed by atoms with van der Waals surface area (Å²) >= 11 is 0. The van der Waals surface area contributed by atoms with Gasteiger partial charge in [0.15, 0.2) is 0 Å². The lowest BCUT2D eigenvalue weighted by atomic mass is 9.98. The molecule has 0 aliphatic rings. The van der Waals surface area contributed by atoms with Crippen molar-refractivity contribution >= 4 is 10.5 Å². The Morgan fingerprint density at radius 3 is 2.12 bits per heavy atom. The molecular weight excluding hydrogens is 212 g/mol. The summed E-state index contributed by atoms with van der Waals surface area (Å²) in [6.07, 6.45) is 13.0. The van der Waals surface area contributed by atoms with Crippen molar-refractivity contribution in [3.05, 3.63) is 11.8 Å². The molecule has 0 saturated carbocycles. The Morgan fingerprint density at radius 1 is 1.06 bits per heavy atom. The smallest absolute Gasteiger partial charge is 0.203 e. The highest BCUT2D eigenvalue weighted by Crippen LogP contribution is 2.18. The fourth-order valence-corrected chi connectivity index (χ4v) is 2.22. The third-order valence-electron chi connectivity index (χ3n) is 3.08. The molecule has 0 fully saturated rings. The van der Waals surface area contributed by atoms with Crippen molar-refractivity contribution in [2.24, 2.45) is 5.92 Å². The molecule has 0 aromatic heterocycles. The summed E-state index contributed by atoms with van der Waals surface area (Å²) < 4.78 is 5.25. The zero-order valence-corrected chi connectivity index (χ0v) is 13.7. The van der Waals surface area contributed by atoms with Gasteiger partial charge in [-0.25, -0.2) is 0 Å². The Hall–Kier alpha value is -0.243. The van der Waals surface area contributed by atoms with Crippen LogP contribution in [0.2, 0.25) is 0 Å². The third kappa shape index (κ3) is 9.02. The SMILES string of the molecule is CCCCCCCCCC(=CO[SiH3])C(C)C. The van der Waals surface area contributed by atoms with Crippen molar-refractivity contribution < 1.29 is 4.43 Å². The Balaban J connectivity index is 3.45. The maximum Gasteiger partial charge on any atom is 0.203 e. The van der Waals surface area contributed by atoms with E-state index < -0.39 is 0 Å². The highest BCUT2D eigenvalue weighted by atomic mass is 28.2. The molecule has 0 aromatic carbocycles. The van der Waals surface area contributed by atoms with Crippen molar-refractivity contribution in [1.82, 2.24) is 0 Å². The second-order valence-electron chi connectivity index (χ2n) is 4.95. The highest BCUT2D eigenvalue weighted by Gasteiger charge is 2.03. The monoisotopic (exact) mass is 242 g/mol. The number of hydrogen-bond donors (Lipinski definition) is 0. The molecule has 96 valence electrons. The van der Waals surface area contributed by atoms with Gasteiger partial charge in [0.05, 0.1) is 6.26 Å². The Bertz CT molecular complexity index is 176. The van der Waals surface area contributed by atoms with E-state index in [4.69, 9.17) is 4.43 Å². The van der Waals surface area contributed by atoms with E-state index in [0.29, 0.717) is 5.92 Å². The minimum atomic E-state index is 0.647. The molecule has 16 heavy (non-hydrogen) atoms. The fraction of sp³-hybridized carbons (Fsp3) is 0.857. The molecule has 0 radical (unpaired) electrons. The first-order chi connectivity index (χ1) is 7.72. The third-order valence-corrected chi connectivity index (χ3v) is 3.32. The fourth-order valence-electron chi connectivity index (χ4n) is 1.92. The molecule has 2 heteroatoms. The maximum absolute atomic E-state index is 5.25. The summed E-state index contributed by atoms with van der Waals surface area (Å²) in [5.74, 6) is 0.647. The molecule has 0 rings (SSSR count). The summed E-state index contributed by atoms with van der Waals surface area (Å²) in [6.45, 7) is 6.79. The van der Waals surface area contributed by atoms with E-state index in [1.807, 2.05) is 6.26 Å². The van der Waals surface area contributed by atoms with E-state index in [2.05, 4.69) is 20.8 Å². The van der Waals surface area contributed by atoms with Gasteiger partial charge in [-0.05, 0) is 24.3 Å². The first-order valence-corrected chi connectivity index (χ1v) is 7.75. The van der Waals surface area contributed by atoms with E-state index >= 15 is 0 Å². The van der Waals surface area contributed by atoms with Crippen LogP contribution in [0.4, 0.5) is 0 Å². The van der Waals surface area contributed by atoms with Crippen LogP contribution in [0.3, 0.4) is 0 Å².